The maximum atomic E-state index is 5.61. The van der Waals surface area contributed by atoms with Crippen molar-refractivity contribution in [3.63, 3.8) is 0 Å². The molecule has 0 unspecified atom stereocenters. The molecule has 3 nitrogen and oxygen atoms in total. The Morgan fingerprint density at radius 2 is 1.87 bits per heavy atom. The Morgan fingerprint density at radius 3 is 2.53 bits per heavy atom. The molecule has 0 aliphatic carbocycles. The van der Waals surface area contributed by atoms with Crippen LogP contribution in [0.15, 0.2) is 42.6 Å². The fraction of sp³-hybridized carbons (Fsp3) is 0.0833. The number of anilines is 3. The van der Waals surface area contributed by atoms with Gasteiger partial charge in [-0.15, -0.1) is 0 Å². The van der Waals surface area contributed by atoms with Gasteiger partial charge in [0.05, 0.1) is 0 Å². The lowest BCUT2D eigenvalue weighted by Crippen LogP contribution is -1.95. The van der Waals surface area contributed by atoms with E-state index in [1.54, 1.807) is 6.20 Å². The van der Waals surface area contributed by atoms with Crippen LogP contribution in [0.1, 0.15) is 5.56 Å². The quantitative estimate of drug-likeness (QED) is 0.731. The van der Waals surface area contributed by atoms with Crippen LogP contribution in [0.4, 0.5) is 17.2 Å². The van der Waals surface area contributed by atoms with Crippen molar-refractivity contribution in [2.45, 2.75) is 6.92 Å². The molecule has 1 aromatic heterocycles. The topological polar surface area (TPSA) is 50.9 Å². The number of benzene rings is 1. The highest BCUT2D eigenvalue weighted by atomic mass is 15.0. The summed E-state index contributed by atoms with van der Waals surface area (Å²) >= 11 is 0. The van der Waals surface area contributed by atoms with Crippen molar-refractivity contribution in [1.82, 2.24) is 4.98 Å². The Balaban J connectivity index is 2.22. The van der Waals surface area contributed by atoms with Gasteiger partial charge < -0.3 is 11.1 Å². The molecule has 2 aromatic rings. The second-order valence-corrected chi connectivity index (χ2v) is 3.42. The molecule has 0 aliphatic rings. The highest BCUT2D eigenvalue weighted by molar-refractivity contribution is 5.61. The van der Waals surface area contributed by atoms with Crippen molar-refractivity contribution in [1.29, 1.82) is 0 Å². The van der Waals surface area contributed by atoms with Gasteiger partial charge in [-0.3, -0.25) is 0 Å². The van der Waals surface area contributed by atoms with E-state index >= 15 is 0 Å². The largest absolute Gasteiger partial charge is 0.399 e. The summed E-state index contributed by atoms with van der Waals surface area (Å²) in [6.07, 6.45) is 1.77. The third-order valence-electron chi connectivity index (χ3n) is 2.18. The van der Waals surface area contributed by atoms with E-state index in [9.17, 15) is 0 Å². The van der Waals surface area contributed by atoms with E-state index in [1.165, 1.54) is 0 Å². The lowest BCUT2D eigenvalue weighted by molar-refractivity contribution is 1.26. The number of rotatable bonds is 2. The highest BCUT2D eigenvalue weighted by Crippen LogP contribution is 2.18. The van der Waals surface area contributed by atoms with E-state index in [1.807, 2.05) is 43.3 Å². The van der Waals surface area contributed by atoms with Gasteiger partial charge in [-0.25, -0.2) is 4.98 Å². The van der Waals surface area contributed by atoms with Crippen LogP contribution in [0.3, 0.4) is 0 Å². The summed E-state index contributed by atoms with van der Waals surface area (Å²) in [6, 6.07) is 11.5. The molecule has 0 aliphatic heterocycles. The van der Waals surface area contributed by atoms with E-state index in [2.05, 4.69) is 10.3 Å². The first-order valence-corrected chi connectivity index (χ1v) is 4.80. The van der Waals surface area contributed by atoms with E-state index in [0.29, 0.717) is 0 Å². The maximum absolute atomic E-state index is 5.61. The monoisotopic (exact) mass is 199 g/mol. The summed E-state index contributed by atoms with van der Waals surface area (Å²) in [5.74, 6) is 0.877. The number of nitrogens with zero attached hydrogens (tertiary/aromatic N) is 1. The Bertz CT molecular complexity index is 449. The molecule has 76 valence electrons. The fourth-order valence-electron chi connectivity index (χ4n) is 1.32. The van der Waals surface area contributed by atoms with E-state index in [-0.39, 0.29) is 0 Å². The molecule has 3 N–H and O–H groups in total. The van der Waals surface area contributed by atoms with Gasteiger partial charge in [-0.1, -0.05) is 6.07 Å². The average molecular weight is 199 g/mol. The Kier molecular flexibility index (Phi) is 2.54. The molecule has 0 fully saturated rings. The summed E-state index contributed by atoms with van der Waals surface area (Å²) < 4.78 is 0. The lowest BCUT2D eigenvalue weighted by Gasteiger charge is -2.07. The molecule has 0 spiro atoms. The minimum absolute atomic E-state index is 0.762. The molecule has 0 saturated carbocycles. The van der Waals surface area contributed by atoms with Crippen molar-refractivity contribution < 1.29 is 0 Å². The number of aromatic nitrogens is 1. The van der Waals surface area contributed by atoms with Crippen molar-refractivity contribution in [2.75, 3.05) is 11.1 Å². The number of pyridine rings is 1. The standard InChI is InChI=1S/C12H13N3/c1-9-3-2-8-14-12(9)15-11-6-4-10(13)5-7-11/h2-8H,13H2,1H3,(H,14,15). The van der Waals surface area contributed by atoms with Crippen LogP contribution in [-0.4, -0.2) is 4.98 Å². The van der Waals surface area contributed by atoms with Crippen LogP contribution < -0.4 is 11.1 Å². The van der Waals surface area contributed by atoms with Gasteiger partial charge in [0.2, 0.25) is 0 Å². The zero-order chi connectivity index (χ0) is 10.7. The Hall–Kier alpha value is -2.03. The first-order valence-electron chi connectivity index (χ1n) is 4.80. The predicted octanol–water partition coefficient (Wildman–Crippen LogP) is 2.72. The molecule has 3 heteroatoms. The average Bonchev–Trinajstić information content (AvgIpc) is 2.25. The van der Waals surface area contributed by atoms with E-state index < -0.39 is 0 Å². The van der Waals surface area contributed by atoms with Crippen molar-refractivity contribution >= 4 is 17.2 Å². The summed E-state index contributed by atoms with van der Waals surface area (Å²) in [5.41, 5.74) is 8.48. The fourth-order valence-corrected chi connectivity index (χ4v) is 1.32. The van der Waals surface area contributed by atoms with E-state index in [0.717, 1.165) is 22.8 Å². The lowest BCUT2D eigenvalue weighted by atomic mass is 10.2. The van der Waals surface area contributed by atoms with Gasteiger partial charge in [0, 0.05) is 17.6 Å². The molecule has 15 heavy (non-hydrogen) atoms. The second-order valence-electron chi connectivity index (χ2n) is 3.42. The second kappa shape index (κ2) is 4.00. The summed E-state index contributed by atoms with van der Waals surface area (Å²) in [6.45, 7) is 2.02. The van der Waals surface area contributed by atoms with Gasteiger partial charge in [0.25, 0.3) is 0 Å². The molecule has 0 atom stereocenters. The van der Waals surface area contributed by atoms with Crippen molar-refractivity contribution in [2.24, 2.45) is 0 Å². The smallest absolute Gasteiger partial charge is 0.133 e. The first-order chi connectivity index (χ1) is 7.25. The SMILES string of the molecule is Cc1cccnc1Nc1ccc(N)cc1. The molecule has 0 bridgehead atoms. The van der Waals surface area contributed by atoms with Crippen LogP contribution in [-0.2, 0) is 0 Å². The predicted molar refractivity (Wildman–Crippen MR) is 63.1 cm³/mol. The van der Waals surface area contributed by atoms with Crippen LogP contribution in [0.2, 0.25) is 0 Å². The molecule has 0 amide bonds. The number of nitrogens with one attached hydrogen (secondary N) is 1. The molecule has 1 aromatic carbocycles. The van der Waals surface area contributed by atoms with Crippen LogP contribution in [0.5, 0.6) is 0 Å². The summed E-state index contributed by atoms with van der Waals surface area (Å²) in [7, 11) is 0. The number of nitrogen functional groups attached to an aromatic ring is 1. The van der Waals surface area contributed by atoms with Crippen molar-refractivity contribution in [3.8, 4) is 0 Å². The van der Waals surface area contributed by atoms with Crippen LogP contribution in [0.25, 0.3) is 0 Å². The zero-order valence-corrected chi connectivity index (χ0v) is 8.57. The molecular formula is C12H13N3. The maximum Gasteiger partial charge on any atom is 0.133 e. The first kappa shape index (κ1) is 9.52. The molecular weight excluding hydrogens is 186 g/mol. The zero-order valence-electron chi connectivity index (χ0n) is 8.57. The number of hydrogen-bond donors (Lipinski definition) is 2. The van der Waals surface area contributed by atoms with Gasteiger partial charge in [0.15, 0.2) is 0 Å². The van der Waals surface area contributed by atoms with Gasteiger partial charge in [-0.05, 0) is 42.8 Å². The van der Waals surface area contributed by atoms with Gasteiger partial charge >= 0.3 is 0 Å². The number of nitrogens with two attached hydrogens (primary N) is 1. The summed E-state index contributed by atoms with van der Waals surface area (Å²) in [4.78, 5) is 4.25. The minimum atomic E-state index is 0.762. The Morgan fingerprint density at radius 1 is 1.13 bits per heavy atom. The normalized spacial score (nSPS) is 9.93. The Labute approximate surface area is 89.0 Å². The van der Waals surface area contributed by atoms with E-state index in [4.69, 9.17) is 5.73 Å². The van der Waals surface area contributed by atoms with Gasteiger partial charge in [-0.2, -0.15) is 0 Å². The molecule has 1 heterocycles. The minimum Gasteiger partial charge on any atom is -0.399 e. The van der Waals surface area contributed by atoms with Crippen molar-refractivity contribution in [3.05, 3.63) is 48.2 Å². The third kappa shape index (κ3) is 2.26. The summed E-state index contributed by atoms with van der Waals surface area (Å²) in [5, 5.41) is 3.23. The highest BCUT2D eigenvalue weighted by Gasteiger charge is 1.98. The third-order valence-corrected chi connectivity index (χ3v) is 2.18. The van der Waals surface area contributed by atoms with Gasteiger partial charge in [0.1, 0.15) is 5.82 Å². The molecule has 0 radical (unpaired) electrons. The molecule has 2 rings (SSSR count). The van der Waals surface area contributed by atoms with Crippen LogP contribution >= 0.6 is 0 Å². The number of aryl methyl sites for hydroxylation is 1. The number of hydrogen-bond acceptors (Lipinski definition) is 3. The van der Waals surface area contributed by atoms with Crippen LogP contribution in [0, 0.1) is 6.92 Å². The molecule has 0 saturated heterocycles.